The summed E-state index contributed by atoms with van der Waals surface area (Å²) in [6.45, 7) is 3.29. The Bertz CT molecular complexity index is 31.1. The van der Waals surface area contributed by atoms with E-state index in [4.69, 9.17) is 0 Å². The van der Waals surface area contributed by atoms with Gasteiger partial charge in [0.25, 0.3) is 0 Å². The Labute approximate surface area is 59.2 Å². The molecule has 0 amide bonds. The maximum atomic E-state index is 3.02. The number of hydrogen-bond acceptors (Lipinski definition) is 2. The lowest BCUT2D eigenvalue weighted by Gasteiger charge is -1.90. The molecule has 0 bridgehead atoms. The Kier molecular flexibility index (Phi) is 14.0. The Balaban J connectivity index is 0. The highest BCUT2D eigenvalue weighted by molar-refractivity contribution is 4.28. The van der Waals surface area contributed by atoms with Crippen molar-refractivity contribution in [2.45, 2.75) is 13.3 Å². The third-order valence-corrected chi connectivity index (χ3v) is 0.500. The average Bonchev–Trinajstić information content (AvgIpc) is 1.66. The normalized spacial score (nSPS) is 8.67. The summed E-state index contributed by atoms with van der Waals surface area (Å²) in [5.41, 5.74) is 0. The van der Waals surface area contributed by atoms with E-state index in [1.807, 2.05) is 33.1 Å². The van der Waals surface area contributed by atoms with Crippen molar-refractivity contribution in [2.24, 2.45) is 0 Å². The highest BCUT2D eigenvalue weighted by atomic mass is 15.0. The van der Waals surface area contributed by atoms with Crippen LogP contribution >= 0.6 is 0 Å². The largest absolute Gasteiger partial charge is 0.320 e. The number of hydrogen-bond donors (Lipinski definition) is 1. The lowest BCUT2D eigenvalue weighted by atomic mass is 10.5. The number of nitrogens with zero attached hydrogens (tertiary/aromatic N) is 1. The van der Waals surface area contributed by atoms with Crippen LogP contribution in [0.5, 0.6) is 0 Å². The second-order valence-electron chi connectivity index (χ2n) is 2.45. The van der Waals surface area contributed by atoms with Gasteiger partial charge < -0.3 is 10.2 Å². The van der Waals surface area contributed by atoms with E-state index in [-0.39, 0.29) is 0 Å². The van der Waals surface area contributed by atoms with E-state index in [0.29, 0.717) is 0 Å². The minimum absolute atomic E-state index is 1.14. The Hall–Kier alpha value is -0.0800. The first-order chi connectivity index (χ1) is 4.15. The summed E-state index contributed by atoms with van der Waals surface area (Å²) in [5.74, 6) is 0. The molecule has 0 saturated carbocycles. The topological polar surface area (TPSA) is 15.3 Å². The fourth-order valence-electron chi connectivity index (χ4n) is 0.250. The quantitative estimate of drug-likeness (QED) is 0.597. The van der Waals surface area contributed by atoms with Gasteiger partial charge in [-0.15, -0.1) is 0 Å². The molecule has 0 aromatic rings. The standard InChI is InChI=1S/C4H11N.C3H9N/c1-3-4-5-2;1-4(2)3/h5H,3-4H2,1-2H3;1-3H3. The molecular weight excluding hydrogens is 112 g/mol. The molecule has 0 atom stereocenters. The van der Waals surface area contributed by atoms with E-state index < -0.39 is 0 Å². The van der Waals surface area contributed by atoms with Crippen molar-refractivity contribution in [2.75, 3.05) is 34.7 Å². The van der Waals surface area contributed by atoms with Gasteiger partial charge in [0, 0.05) is 0 Å². The molecule has 0 heterocycles. The van der Waals surface area contributed by atoms with Crippen LogP contribution in [0.1, 0.15) is 13.3 Å². The molecule has 9 heavy (non-hydrogen) atoms. The van der Waals surface area contributed by atoms with Gasteiger partial charge in [0.1, 0.15) is 0 Å². The van der Waals surface area contributed by atoms with E-state index in [9.17, 15) is 0 Å². The van der Waals surface area contributed by atoms with Gasteiger partial charge in [-0.25, -0.2) is 0 Å². The Morgan fingerprint density at radius 3 is 1.56 bits per heavy atom. The molecule has 1 N–H and O–H groups in total. The van der Waals surface area contributed by atoms with Crippen molar-refractivity contribution in [3.8, 4) is 0 Å². The lowest BCUT2D eigenvalue weighted by molar-refractivity contribution is 0.505. The molecule has 0 aromatic carbocycles. The zero-order chi connectivity index (χ0) is 7.70. The second-order valence-corrected chi connectivity index (χ2v) is 2.45. The van der Waals surface area contributed by atoms with Crippen molar-refractivity contribution in [3.63, 3.8) is 0 Å². The van der Waals surface area contributed by atoms with Gasteiger partial charge in [-0.3, -0.25) is 0 Å². The van der Waals surface area contributed by atoms with Crippen LogP contribution in [0, 0.1) is 0 Å². The van der Waals surface area contributed by atoms with Gasteiger partial charge in [0.2, 0.25) is 0 Å². The van der Waals surface area contributed by atoms with Crippen LogP contribution < -0.4 is 5.32 Å². The molecule has 0 aliphatic rings. The summed E-state index contributed by atoms with van der Waals surface area (Å²) in [4.78, 5) is 2.00. The molecule has 0 spiro atoms. The van der Waals surface area contributed by atoms with Gasteiger partial charge >= 0.3 is 0 Å². The van der Waals surface area contributed by atoms with Gasteiger partial charge in [0.15, 0.2) is 0 Å². The van der Waals surface area contributed by atoms with E-state index in [1.54, 1.807) is 0 Å². The maximum absolute atomic E-state index is 3.02. The van der Waals surface area contributed by atoms with Crippen molar-refractivity contribution < 1.29 is 0 Å². The summed E-state index contributed by atoms with van der Waals surface area (Å²) < 4.78 is 0. The van der Waals surface area contributed by atoms with Crippen LogP contribution in [-0.2, 0) is 0 Å². The van der Waals surface area contributed by atoms with Gasteiger partial charge in [-0.1, -0.05) is 6.92 Å². The number of rotatable bonds is 2. The van der Waals surface area contributed by atoms with Crippen LogP contribution in [0.3, 0.4) is 0 Å². The van der Waals surface area contributed by atoms with Crippen molar-refractivity contribution in [1.29, 1.82) is 0 Å². The third-order valence-electron chi connectivity index (χ3n) is 0.500. The summed E-state index contributed by atoms with van der Waals surface area (Å²) in [6, 6.07) is 0. The Morgan fingerprint density at radius 1 is 1.22 bits per heavy atom. The minimum atomic E-state index is 1.14. The first-order valence-corrected chi connectivity index (χ1v) is 3.40. The van der Waals surface area contributed by atoms with Crippen LogP contribution in [0.25, 0.3) is 0 Å². The van der Waals surface area contributed by atoms with Gasteiger partial charge in [-0.2, -0.15) is 0 Å². The van der Waals surface area contributed by atoms with Gasteiger partial charge in [0.05, 0.1) is 0 Å². The summed E-state index contributed by atoms with van der Waals surface area (Å²) in [5, 5.41) is 3.02. The molecule has 0 radical (unpaired) electrons. The predicted molar refractivity (Wildman–Crippen MR) is 43.8 cm³/mol. The van der Waals surface area contributed by atoms with Crippen LogP contribution in [0.2, 0.25) is 0 Å². The molecule has 0 rings (SSSR count). The lowest BCUT2D eigenvalue weighted by Crippen LogP contribution is -2.04. The molecule has 0 aliphatic carbocycles. The zero-order valence-corrected chi connectivity index (χ0v) is 7.36. The smallest absolute Gasteiger partial charge is 0.00546 e. The summed E-state index contributed by atoms with van der Waals surface area (Å²) in [6.07, 6.45) is 1.23. The van der Waals surface area contributed by atoms with Gasteiger partial charge in [-0.05, 0) is 41.2 Å². The van der Waals surface area contributed by atoms with Crippen LogP contribution in [0.4, 0.5) is 0 Å². The first-order valence-electron chi connectivity index (χ1n) is 3.40. The molecule has 58 valence electrons. The average molecular weight is 132 g/mol. The molecule has 0 saturated heterocycles. The molecule has 2 heteroatoms. The molecule has 0 fully saturated rings. The number of nitrogens with one attached hydrogen (secondary N) is 1. The second kappa shape index (κ2) is 10.8. The Morgan fingerprint density at radius 2 is 1.56 bits per heavy atom. The minimum Gasteiger partial charge on any atom is -0.320 e. The highest BCUT2D eigenvalue weighted by Gasteiger charge is 1.64. The SMILES string of the molecule is CCCNC.CN(C)C. The first kappa shape index (κ1) is 11.7. The fraction of sp³-hybridized carbons (Fsp3) is 1.00. The molecule has 0 unspecified atom stereocenters. The summed E-state index contributed by atoms with van der Waals surface area (Å²) in [7, 11) is 7.96. The zero-order valence-electron chi connectivity index (χ0n) is 7.36. The third kappa shape index (κ3) is 75.3. The van der Waals surface area contributed by atoms with E-state index in [2.05, 4.69) is 12.2 Å². The van der Waals surface area contributed by atoms with Crippen molar-refractivity contribution >= 4 is 0 Å². The predicted octanol–water partition coefficient (Wildman–Crippen LogP) is 0.794. The van der Waals surface area contributed by atoms with Crippen LogP contribution in [-0.4, -0.2) is 39.6 Å². The summed E-state index contributed by atoms with van der Waals surface area (Å²) >= 11 is 0. The monoisotopic (exact) mass is 132 g/mol. The molecule has 2 nitrogen and oxygen atoms in total. The van der Waals surface area contributed by atoms with Crippen LogP contribution in [0.15, 0.2) is 0 Å². The van der Waals surface area contributed by atoms with Crippen molar-refractivity contribution in [1.82, 2.24) is 10.2 Å². The molecular formula is C7H20N2. The molecule has 0 aliphatic heterocycles. The van der Waals surface area contributed by atoms with E-state index in [0.717, 1.165) is 6.54 Å². The van der Waals surface area contributed by atoms with E-state index >= 15 is 0 Å². The fourth-order valence-corrected chi connectivity index (χ4v) is 0.250. The van der Waals surface area contributed by atoms with E-state index in [1.165, 1.54) is 6.42 Å². The van der Waals surface area contributed by atoms with Crippen molar-refractivity contribution in [3.05, 3.63) is 0 Å². The molecule has 0 aromatic heterocycles. The maximum Gasteiger partial charge on any atom is -0.00546 e. The highest BCUT2D eigenvalue weighted by Crippen LogP contribution is 1.62.